The molecule has 0 spiro atoms. The topological polar surface area (TPSA) is 15.3 Å². The molecule has 2 heterocycles. The van der Waals surface area contributed by atoms with Gasteiger partial charge in [0.05, 0.1) is 12.5 Å². The van der Waals surface area contributed by atoms with Gasteiger partial charge in [-0.25, -0.2) is 0 Å². The van der Waals surface area contributed by atoms with Crippen molar-refractivity contribution in [2.75, 3.05) is 26.2 Å². The van der Waals surface area contributed by atoms with E-state index in [1.165, 1.54) is 11.3 Å². The molecule has 2 nitrogen and oxygen atoms in total. The number of piperazine rings is 1. The minimum absolute atomic E-state index is 0.517. The van der Waals surface area contributed by atoms with Crippen molar-refractivity contribution in [1.82, 2.24) is 10.2 Å². The molecule has 1 aromatic heterocycles. The summed E-state index contributed by atoms with van der Waals surface area (Å²) in [6.45, 7) is 2.89. The molecule has 1 aromatic rings. The molecule has 1 aliphatic heterocycles. The monoisotopic (exact) mass is 264 g/mol. The Balaban J connectivity index is 2.12. The maximum Gasteiger partial charge on any atom is 0.390 e. The lowest BCUT2D eigenvalue weighted by Crippen LogP contribution is -2.45. The molecule has 0 saturated carbocycles. The molecule has 6 heteroatoms. The number of rotatable bonds is 3. The highest BCUT2D eigenvalue weighted by molar-refractivity contribution is 7.10. The number of hydrogen-bond acceptors (Lipinski definition) is 3. The van der Waals surface area contributed by atoms with E-state index in [2.05, 4.69) is 5.32 Å². The van der Waals surface area contributed by atoms with Gasteiger partial charge in [0.1, 0.15) is 0 Å². The Hall–Kier alpha value is -0.590. The number of hydrogen-bond donors (Lipinski definition) is 1. The van der Waals surface area contributed by atoms with Crippen molar-refractivity contribution in [3.63, 3.8) is 0 Å². The van der Waals surface area contributed by atoms with Crippen molar-refractivity contribution in [2.45, 2.75) is 18.6 Å². The van der Waals surface area contributed by atoms with Crippen molar-refractivity contribution in [3.8, 4) is 0 Å². The van der Waals surface area contributed by atoms with E-state index >= 15 is 0 Å². The predicted octanol–water partition coefficient (Wildman–Crippen LogP) is 2.65. The van der Waals surface area contributed by atoms with Gasteiger partial charge in [-0.05, 0) is 11.4 Å². The van der Waals surface area contributed by atoms with Gasteiger partial charge in [0.2, 0.25) is 0 Å². The van der Waals surface area contributed by atoms with E-state index in [1.807, 2.05) is 16.3 Å². The van der Waals surface area contributed by atoms with Gasteiger partial charge in [0.15, 0.2) is 0 Å². The first-order valence-corrected chi connectivity index (χ1v) is 6.49. The number of thiophene rings is 1. The van der Waals surface area contributed by atoms with Crippen LogP contribution in [0.5, 0.6) is 0 Å². The van der Waals surface area contributed by atoms with E-state index in [0.717, 1.165) is 18.0 Å². The standard InChI is InChI=1S/C11H15F3N2S/c12-11(13,14)8-9(10-2-1-7-17-10)16-5-3-15-4-6-16/h1-2,7,9,15H,3-6,8H2/t9-/m1/s1. The van der Waals surface area contributed by atoms with Crippen LogP contribution in [0.15, 0.2) is 17.5 Å². The molecule has 96 valence electrons. The van der Waals surface area contributed by atoms with Crippen molar-refractivity contribution in [2.24, 2.45) is 0 Å². The fourth-order valence-corrected chi connectivity index (χ4v) is 2.96. The maximum absolute atomic E-state index is 12.6. The molecule has 17 heavy (non-hydrogen) atoms. The number of nitrogens with zero attached hydrogens (tertiary/aromatic N) is 1. The second kappa shape index (κ2) is 5.37. The van der Waals surface area contributed by atoms with E-state index in [0.29, 0.717) is 13.1 Å². The molecule has 0 unspecified atom stereocenters. The normalized spacial score (nSPS) is 20.4. The smallest absolute Gasteiger partial charge is 0.314 e. The van der Waals surface area contributed by atoms with Crippen LogP contribution in [0, 0.1) is 0 Å². The van der Waals surface area contributed by atoms with Gasteiger partial charge in [-0.3, -0.25) is 4.90 Å². The molecule has 0 bridgehead atoms. The van der Waals surface area contributed by atoms with Crippen LogP contribution in [-0.4, -0.2) is 37.3 Å². The summed E-state index contributed by atoms with van der Waals surface area (Å²) in [6, 6.07) is 3.09. The summed E-state index contributed by atoms with van der Waals surface area (Å²) in [5, 5.41) is 4.99. The molecular weight excluding hydrogens is 249 g/mol. The summed E-state index contributed by atoms with van der Waals surface area (Å²) >= 11 is 1.40. The van der Waals surface area contributed by atoms with Gasteiger partial charge in [0.25, 0.3) is 0 Å². The van der Waals surface area contributed by atoms with Gasteiger partial charge in [-0.15, -0.1) is 11.3 Å². The lowest BCUT2D eigenvalue weighted by molar-refractivity contribution is -0.148. The molecule has 1 aliphatic rings. The number of alkyl halides is 3. The average molecular weight is 264 g/mol. The van der Waals surface area contributed by atoms with Crippen LogP contribution < -0.4 is 5.32 Å². The largest absolute Gasteiger partial charge is 0.390 e. The van der Waals surface area contributed by atoms with Crippen LogP contribution in [0.1, 0.15) is 17.3 Å². The number of nitrogens with one attached hydrogen (secondary N) is 1. The van der Waals surface area contributed by atoms with Crippen molar-refractivity contribution in [3.05, 3.63) is 22.4 Å². The third kappa shape index (κ3) is 3.69. The first kappa shape index (κ1) is 12.9. The fourth-order valence-electron chi connectivity index (χ4n) is 2.10. The maximum atomic E-state index is 12.6. The second-order valence-corrected chi connectivity index (χ2v) is 5.12. The summed E-state index contributed by atoms with van der Waals surface area (Å²) in [4.78, 5) is 2.74. The third-order valence-electron chi connectivity index (χ3n) is 2.89. The Kier molecular flexibility index (Phi) is 4.06. The Morgan fingerprint density at radius 1 is 1.35 bits per heavy atom. The van der Waals surface area contributed by atoms with Gasteiger partial charge in [0, 0.05) is 31.1 Å². The molecule has 2 rings (SSSR count). The third-order valence-corrected chi connectivity index (χ3v) is 3.86. The van der Waals surface area contributed by atoms with Crippen LogP contribution in [0.4, 0.5) is 13.2 Å². The highest BCUT2D eigenvalue weighted by Crippen LogP contribution is 2.35. The van der Waals surface area contributed by atoms with E-state index in [-0.39, 0.29) is 0 Å². The molecule has 0 aliphatic carbocycles. The summed E-state index contributed by atoms with van der Waals surface area (Å²) in [5.41, 5.74) is 0. The second-order valence-electron chi connectivity index (χ2n) is 4.14. The van der Waals surface area contributed by atoms with Crippen LogP contribution in [0.3, 0.4) is 0 Å². The van der Waals surface area contributed by atoms with Crippen LogP contribution in [-0.2, 0) is 0 Å². The lowest BCUT2D eigenvalue weighted by atomic mass is 10.1. The molecule has 1 saturated heterocycles. The van der Waals surface area contributed by atoms with E-state index in [4.69, 9.17) is 0 Å². The van der Waals surface area contributed by atoms with E-state index in [9.17, 15) is 13.2 Å². The van der Waals surface area contributed by atoms with Crippen molar-refractivity contribution < 1.29 is 13.2 Å². The zero-order valence-electron chi connectivity index (χ0n) is 9.33. The molecule has 0 aromatic carbocycles. The van der Waals surface area contributed by atoms with Crippen LogP contribution in [0.2, 0.25) is 0 Å². The summed E-state index contributed by atoms with van der Waals surface area (Å²) < 4.78 is 37.8. The van der Waals surface area contributed by atoms with E-state index < -0.39 is 18.6 Å². The zero-order chi connectivity index (χ0) is 12.3. The molecule has 1 atom stereocenters. The van der Waals surface area contributed by atoms with Crippen LogP contribution >= 0.6 is 11.3 Å². The predicted molar refractivity (Wildman–Crippen MR) is 62.2 cm³/mol. The molecule has 0 amide bonds. The first-order valence-electron chi connectivity index (χ1n) is 5.61. The Labute approximate surface area is 102 Å². The molecule has 0 radical (unpaired) electrons. The zero-order valence-corrected chi connectivity index (χ0v) is 10.2. The van der Waals surface area contributed by atoms with Crippen molar-refractivity contribution >= 4 is 11.3 Å². The highest BCUT2D eigenvalue weighted by atomic mass is 32.1. The van der Waals surface area contributed by atoms with Gasteiger partial charge < -0.3 is 5.32 Å². The Morgan fingerprint density at radius 3 is 2.59 bits per heavy atom. The quantitative estimate of drug-likeness (QED) is 0.903. The SMILES string of the molecule is FC(F)(F)C[C@H](c1cccs1)N1CCNCC1. The minimum atomic E-state index is -4.11. The van der Waals surface area contributed by atoms with Gasteiger partial charge in [-0.1, -0.05) is 6.07 Å². The first-order chi connectivity index (χ1) is 8.06. The summed E-state index contributed by atoms with van der Waals surface area (Å²) in [6.07, 6.45) is -4.87. The fraction of sp³-hybridized carbons (Fsp3) is 0.636. The summed E-state index contributed by atoms with van der Waals surface area (Å²) in [5.74, 6) is 0. The van der Waals surface area contributed by atoms with Crippen LogP contribution in [0.25, 0.3) is 0 Å². The minimum Gasteiger partial charge on any atom is -0.314 e. The van der Waals surface area contributed by atoms with Gasteiger partial charge in [-0.2, -0.15) is 13.2 Å². The Morgan fingerprint density at radius 2 is 2.06 bits per heavy atom. The molecule has 1 fully saturated rings. The lowest BCUT2D eigenvalue weighted by Gasteiger charge is -2.34. The Bertz CT molecular complexity index is 331. The average Bonchev–Trinajstić information content (AvgIpc) is 2.79. The summed E-state index contributed by atoms with van der Waals surface area (Å²) in [7, 11) is 0. The molecule has 1 N–H and O–H groups in total. The van der Waals surface area contributed by atoms with Gasteiger partial charge >= 0.3 is 6.18 Å². The van der Waals surface area contributed by atoms with Crippen molar-refractivity contribution in [1.29, 1.82) is 0 Å². The van der Waals surface area contributed by atoms with E-state index in [1.54, 1.807) is 6.07 Å². The number of halogens is 3. The highest BCUT2D eigenvalue weighted by Gasteiger charge is 2.36. The molecular formula is C11H15F3N2S.